The van der Waals surface area contributed by atoms with Crippen LogP contribution in [0.15, 0.2) is 0 Å². The molecular formula is C7H14LiNO2. The second-order valence-corrected chi connectivity index (χ2v) is 2.66. The fraction of sp³-hybridized carbons (Fsp3) is 1.00. The summed E-state index contributed by atoms with van der Waals surface area (Å²) in [7, 11) is 0. The Morgan fingerprint density at radius 3 is 2.45 bits per heavy atom. The second kappa shape index (κ2) is 6.04. The molecule has 0 aliphatic carbocycles. The van der Waals surface area contributed by atoms with E-state index in [1.54, 1.807) is 0 Å². The molecule has 0 N–H and O–H groups in total. The average molecular weight is 151 g/mol. The molecule has 0 radical (unpaired) electrons. The molecule has 1 rings (SSSR count). The van der Waals surface area contributed by atoms with Crippen molar-refractivity contribution in [1.82, 2.24) is 4.90 Å². The molecule has 1 heterocycles. The van der Waals surface area contributed by atoms with Gasteiger partial charge in [-0.3, -0.25) is 4.90 Å². The summed E-state index contributed by atoms with van der Waals surface area (Å²) in [6.45, 7) is 5.37. The van der Waals surface area contributed by atoms with Crippen molar-refractivity contribution >= 4 is 0 Å². The number of rotatable bonds is 2. The van der Waals surface area contributed by atoms with Gasteiger partial charge >= 0.3 is 18.9 Å². The van der Waals surface area contributed by atoms with Crippen LogP contribution in [0.4, 0.5) is 0 Å². The van der Waals surface area contributed by atoms with E-state index in [-0.39, 0.29) is 31.5 Å². The summed E-state index contributed by atoms with van der Waals surface area (Å²) in [5, 5.41) is 10.4. The molecule has 1 saturated heterocycles. The van der Waals surface area contributed by atoms with Crippen molar-refractivity contribution in [3.63, 3.8) is 0 Å². The summed E-state index contributed by atoms with van der Waals surface area (Å²) in [5.41, 5.74) is 0. The third kappa shape index (κ3) is 3.59. The molecule has 1 aliphatic rings. The maximum atomic E-state index is 10.4. The van der Waals surface area contributed by atoms with Crippen molar-refractivity contribution in [3.05, 3.63) is 0 Å². The van der Waals surface area contributed by atoms with Crippen molar-refractivity contribution < 1.29 is 28.7 Å². The van der Waals surface area contributed by atoms with Crippen LogP contribution in [0, 0.1) is 0 Å². The Hall–Kier alpha value is 0.477. The molecule has 1 fully saturated rings. The minimum atomic E-state index is 0. The van der Waals surface area contributed by atoms with E-state index in [0.29, 0.717) is 0 Å². The van der Waals surface area contributed by atoms with Gasteiger partial charge in [0.25, 0.3) is 0 Å². The Morgan fingerprint density at radius 1 is 1.45 bits per heavy atom. The Morgan fingerprint density at radius 2 is 2.00 bits per heavy atom. The molecule has 0 bridgehead atoms. The minimum Gasteiger partial charge on any atom is -0.853 e. The fourth-order valence-electron chi connectivity index (χ4n) is 1.12. The molecular weight excluding hydrogens is 137 g/mol. The van der Waals surface area contributed by atoms with Crippen molar-refractivity contribution in [2.45, 2.75) is 13.0 Å². The zero-order chi connectivity index (χ0) is 7.40. The molecule has 0 aromatic heterocycles. The Kier molecular flexibility index (Phi) is 6.31. The number of morpholine rings is 1. The molecule has 1 aliphatic heterocycles. The SMILES string of the molecule is C[C@H](C[O-])N1CCOCC1.[Li+]. The van der Waals surface area contributed by atoms with Crippen LogP contribution in [0.5, 0.6) is 0 Å². The van der Waals surface area contributed by atoms with E-state index in [1.807, 2.05) is 6.92 Å². The van der Waals surface area contributed by atoms with Crippen LogP contribution in [0.3, 0.4) is 0 Å². The molecule has 0 saturated carbocycles. The van der Waals surface area contributed by atoms with Crippen LogP contribution in [0.1, 0.15) is 6.92 Å². The first-order valence-electron chi connectivity index (χ1n) is 3.74. The second-order valence-electron chi connectivity index (χ2n) is 2.66. The van der Waals surface area contributed by atoms with Gasteiger partial charge in [-0.15, -0.1) is 6.61 Å². The zero-order valence-corrected chi connectivity index (χ0v) is 7.38. The predicted octanol–water partition coefficient (Wildman–Crippen LogP) is -3.93. The summed E-state index contributed by atoms with van der Waals surface area (Å²) < 4.78 is 5.15. The summed E-state index contributed by atoms with van der Waals surface area (Å²) in [5.74, 6) is 0. The molecule has 0 unspecified atom stereocenters. The Balaban J connectivity index is 0.000001000. The fourth-order valence-corrected chi connectivity index (χ4v) is 1.12. The maximum Gasteiger partial charge on any atom is 1.00 e. The van der Waals surface area contributed by atoms with E-state index in [4.69, 9.17) is 4.74 Å². The molecule has 0 aromatic carbocycles. The van der Waals surface area contributed by atoms with Crippen molar-refractivity contribution in [3.8, 4) is 0 Å². The van der Waals surface area contributed by atoms with Gasteiger partial charge in [-0.25, -0.2) is 0 Å². The number of hydrogen-bond acceptors (Lipinski definition) is 3. The summed E-state index contributed by atoms with van der Waals surface area (Å²) in [6.07, 6.45) is 0. The standard InChI is InChI=1S/C7H14NO2.Li/c1-7(6-9)8-2-4-10-5-3-8;/h7H,2-6H2,1H3;/q-1;+1/t7-;/m1./s1. The van der Waals surface area contributed by atoms with E-state index < -0.39 is 0 Å². The third-order valence-corrected chi connectivity index (χ3v) is 1.91. The maximum absolute atomic E-state index is 10.4. The number of hydrogen-bond donors (Lipinski definition) is 0. The topological polar surface area (TPSA) is 35.5 Å². The van der Waals surface area contributed by atoms with Crippen LogP contribution in [-0.4, -0.2) is 43.9 Å². The van der Waals surface area contributed by atoms with Crippen molar-refractivity contribution in [2.75, 3.05) is 32.9 Å². The molecule has 0 amide bonds. The van der Waals surface area contributed by atoms with E-state index in [2.05, 4.69) is 4.90 Å². The predicted molar refractivity (Wildman–Crippen MR) is 36.7 cm³/mol. The molecule has 3 nitrogen and oxygen atoms in total. The minimum absolute atomic E-state index is 0. The summed E-state index contributed by atoms with van der Waals surface area (Å²) in [4.78, 5) is 2.18. The summed E-state index contributed by atoms with van der Waals surface area (Å²) >= 11 is 0. The number of ether oxygens (including phenoxy) is 1. The van der Waals surface area contributed by atoms with Crippen LogP contribution in [0.25, 0.3) is 0 Å². The van der Waals surface area contributed by atoms with Crippen molar-refractivity contribution in [2.24, 2.45) is 0 Å². The number of nitrogens with zero attached hydrogens (tertiary/aromatic N) is 1. The van der Waals surface area contributed by atoms with Crippen LogP contribution < -0.4 is 24.0 Å². The van der Waals surface area contributed by atoms with Crippen molar-refractivity contribution in [1.29, 1.82) is 0 Å². The van der Waals surface area contributed by atoms with E-state index in [0.717, 1.165) is 26.3 Å². The van der Waals surface area contributed by atoms with Gasteiger partial charge < -0.3 is 9.84 Å². The van der Waals surface area contributed by atoms with Gasteiger partial charge in [0.05, 0.1) is 13.2 Å². The van der Waals surface area contributed by atoms with E-state index in [9.17, 15) is 5.11 Å². The molecule has 4 heteroatoms. The van der Waals surface area contributed by atoms with Crippen LogP contribution >= 0.6 is 0 Å². The Bertz CT molecular complexity index is 96.4. The smallest absolute Gasteiger partial charge is 0.853 e. The largest absolute Gasteiger partial charge is 1.00 e. The van der Waals surface area contributed by atoms with Crippen LogP contribution in [0.2, 0.25) is 0 Å². The first kappa shape index (κ1) is 11.5. The molecule has 11 heavy (non-hydrogen) atoms. The van der Waals surface area contributed by atoms with Crippen LogP contribution in [-0.2, 0) is 4.74 Å². The molecule has 1 atom stereocenters. The first-order chi connectivity index (χ1) is 4.84. The Labute approximate surface area is 79.9 Å². The van der Waals surface area contributed by atoms with E-state index >= 15 is 0 Å². The monoisotopic (exact) mass is 151 g/mol. The average Bonchev–Trinajstić information content (AvgIpc) is 2.05. The zero-order valence-electron chi connectivity index (χ0n) is 7.38. The quantitative estimate of drug-likeness (QED) is 0.378. The van der Waals surface area contributed by atoms with Gasteiger partial charge in [0, 0.05) is 13.1 Å². The molecule has 0 aromatic rings. The van der Waals surface area contributed by atoms with Gasteiger partial charge in [0.15, 0.2) is 0 Å². The first-order valence-corrected chi connectivity index (χ1v) is 3.74. The third-order valence-electron chi connectivity index (χ3n) is 1.91. The van der Waals surface area contributed by atoms with Gasteiger partial charge in [-0.2, -0.15) is 0 Å². The van der Waals surface area contributed by atoms with Gasteiger partial charge in [0.2, 0.25) is 0 Å². The summed E-state index contributed by atoms with van der Waals surface area (Å²) in [6, 6.07) is 0.184. The van der Waals surface area contributed by atoms with Gasteiger partial charge in [-0.05, 0) is 6.04 Å². The molecule has 60 valence electrons. The van der Waals surface area contributed by atoms with Gasteiger partial charge in [-0.1, -0.05) is 6.92 Å². The molecule has 0 spiro atoms. The van der Waals surface area contributed by atoms with E-state index in [1.165, 1.54) is 0 Å². The van der Waals surface area contributed by atoms with Gasteiger partial charge in [0.1, 0.15) is 0 Å². The normalized spacial score (nSPS) is 22.4.